The van der Waals surface area contributed by atoms with Gasteiger partial charge in [0.05, 0.1) is 13.1 Å². The molecule has 0 spiro atoms. The van der Waals surface area contributed by atoms with Crippen molar-refractivity contribution in [2.75, 3.05) is 39.8 Å². The van der Waals surface area contributed by atoms with Crippen molar-refractivity contribution in [1.82, 2.24) is 25.8 Å². The third kappa shape index (κ3) is 8.98. The van der Waals surface area contributed by atoms with Crippen LogP contribution in [0.5, 0.6) is 0 Å². The number of hydrogen-bond donors (Lipinski definition) is 3. The SMILES string of the molecule is CNCC(=O)N[C@H](C(=O)N1CCC[C@H]1CN(CCc1ccccc1)C(=O)CNC(C)=O)C(C)(C)C.[HH].[HH].[HH]. The summed E-state index contributed by atoms with van der Waals surface area (Å²) in [4.78, 5) is 53.8. The van der Waals surface area contributed by atoms with E-state index in [9.17, 15) is 19.2 Å². The van der Waals surface area contributed by atoms with Crippen molar-refractivity contribution >= 4 is 23.6 Å². The molecule has 3 N–H and O–H groups in total. The van der Waals surface area contributed by atoms with E-state index in [0.717, 1.165) is 18.4 Å². The molecule has 1 aliphatic rings. The van der Waals surface area contributed by atoms with E-state index in [1.165, 1.54) is 6.92 Å². The Balaban J connectivity index is 0. The molecule has 2 atom stereocenters. The first-order valence-corrected chi connectivity index (χ1v) is 12.3. The van der Waals surface area contributed by atoms with Crippen LogP contribution in [0.25, 0.3) is 0 Å². The van der Waals surface area contributed by atoms with Crippen LogP contribution >= 0.6 is 0 Å². The Kier molecular flexibility index (Phi) is 10.7. The highest BCUT2D eigenvalue weighted by Gasteiger charge is 2.40. The topological polar surface area (TPSA) is 111 Å². The number of likely N-dealkylation sites (N-methyl/N-ethyl adjacent to an activating group) is 1. The number of carbonyl (C=O) groups excluding carboxylic acids is 4. The van der Waals surface area contributed by atoms with Gasteiger partial charge in [-0.15, -0.1) is 0 Å². The maximum Gasteiger partial charge on any atom is 0.246 e. The minimum Gasteiger partial charge on any atom is -0.347 e. The number of nitrogens with one attached hydrogen (secondary N) is 3. The van der Waals surface area contributed by atoms with Gasteiger partial charge in [0.1, 0.15) is 6.04 Å². The Morgan fingerprint density at radius 1 is 1.14 bits per heavy atom. The highest BCUT2D eigenvalue weighted by Crippen LogP contribution is 2.26. The van der Waals surface area contributed by atoms with E-state index >= 15 is 0 Å². The van der Waals surface area contributed by atoms with E-state index in [1.807, 2.05) is 56.0 Å². The molecule has 1 aromatic rings. The van der Waals surface area contributed by atoms with Crippen molar-refractivity contribution < 1.29 is 23.5 Å². The van der Waals surface area contributed by atoms with Gasteiger partial charge in [0.2, 0.25) is 23.6 Å². The first kappa shape index (κ1) is 28.3. The Hall–Kier alpha value is -2.94. The smallest absolute Gasteiger partial charge is 0.246 e. The van der Waals surface area contributed by atoms with Crippen LogP contribution in [0.1, 0.15) is 50.4 Å². The first-order valence-electron chi connectivity index (χ1n) is 12.3. The van der Waals surface area contributed by atoms with Gasteiger partial charge in [-0.05, 0) is 37.3 Å². The van der Waals surface area contributed by atoms with E-state index < -0.39 is 11.5 Å². The predicted molar refractivity (Wildman–Crippen MR) is 142 cm³/mol. The summed E-state index contributed by atoms with van der Waals surface area (Å²) in [5.74, 6) is -0.789. The van der Waals surface area contributed by atoms with Crippen molar-refractivity contribution in [3.8, 4) is 0 Å². The summed E-state index contributed by atoms with van der Waals surface area (Å²) in [6.45, 7) is 8.71. The molecule has 9 nitrogen and oxygen atoms in total. The van der Waals surface area contributed by atoms with E-state index in [4.69, 9.17) is 0 Å². The van der Waals surface area contributed by atoms with Crippen LogP contribution in [0.4, 0.5) is 0 Å². The zero-order chi connectivity index (χ0) is 26.0. The summed E-state index contributed by atoms with van der Waals surface area (Å²) >= 11 is 0. The highest BCUT2D eigenvalue weighted by molar-refractivity contribution is 5.89. The van der Waals surface area contributed by atoms with Gasteiger partial charge in [0.25, 0.3) is 0 Å². The zero-order valence-corrected chi connectivity index (χ0v) is 21.7. The average molecular weight is 494 g/mol. The molecule has 0 aromatic heterocycles. The Morgan fingerprint density at radius 2 is 1.83 bits per heavy atom. The molecule has 200 valence electrons. The lowest BCUT2D eigenvalue weighted by molar-refractivity contribution is -0.141. The normalized spacial score (nSPS) is 16.5. The van der Waals surface area contributed by atoms with Gasteiger partial charge < -0.3 is 25.8 Å². The number of amides is 4. The lowest BCUT2D eigenvalue weighted by atomic mass is 9.85. The monoisotopic (exact) mass is 493 g/mol. The van der Waals surface area contributed by atoms with Gasteiger partial charge in [0, 0.05) is 36.9 Å². The largest absolute Gasteiger partial charge is 0.347 e. The fourth-order valence-electron chi connectivity index (χ4n) is 4.30. The second-order valence-corrected chi connectivity index (χ2v) is 10.2. The van der Waals surface area contributed by atoms with Gasteiger partial charge in [-0.25, -0.2) is 0 Å². The quantitative estimate of drug-likeness (QED) is 0.434. The molecule has 0 aliphatic carbocycles. The van der Waals surface area contributed by atoms with Crippen LogP contribution < -0.4 is 16.0 Å². The van der Waals surface area contributed by atoms with Crippen LogP contribution in [0.2, 0.25) is 0 Å². The van der Waals surface area contributed by atoms with Crippen molar-refractivity contribution in [3.63, 3.8) is 0 Å². The first-order chi connectivity index (χ1) is 16.5. The number of nitrogens with zero attached hydrogens (tertiary/aromatic N) is 2. The number of rotatable bonds is 11. The van der Waals surface area contributed by atoms with Crippen molar-refractivity contribution in [1.29, 1.82) is 0 Å². The number of likely N-dealkylation sites (tertiary alicyclic amines) is 1. The van der Waals surface area contributed by atoms with Gasteiger partial charge in [-0.1, -0.05) is 51.1 Å². The second-order valence-electron chi connectivity index (χ2n) is 10.2. The molecule has 35 heavy (non-hydrogen) atoms. The van der Waals surface area contributed by atoms with Crippen LogP contribution in [0, 0.1) is 5.41 Å². The molecule has 0 radical (unpaired) electrons. The summed E-state index contributed by atoms with van der Waals surface area (Å²) in [7, 11) is 1.69. The molecule has 1 aliphatic heterocycles. The molecule has 1 fully saturated rings. The number of carbonyl (C=O) groups is 4. The summed E-state index contributed by atoms with van der Waals surface area (Å²) in [5.41, 5.74) is 0.645. The lowest BCUT2D eigenvalue weighted by Gasteiger charge is -2.37. The number of benzene rings is 1. The molecule has 0 saturated carbocycles. The highest BCUT2D eigenvalue weighted by atomic mass is 16.2. The van der Waals surface area contributed by atoms with Gasteiger partial charge in [0.15, 0.2) is 0 Å². The van der Waals surface area contributed by atoms with Gasteiger partial charge in [-0.2, -0.15) is 0 Å². The molecule has 1 aromatic carbocycles. The Bertz CT molecular complexity index is 883. The summed E-state index contributed by atoms with van der Waals surface area (Å²) in [6.07, 6.45) is 2.30. The van der Waals surface area contributed by atoms with Crippen LogP contribution in [0.15, 0.2) is 30.3 Å². The van der Waals surface area contributed by atoms with E-state index in [0.29, 0.717) is 26.1 Å². The molecule has 2 rings (SSSR count). The molecule has 0 bridgehead atoms. The van der Waals surface area contributed by atoms with Gasteiger partial charge >= 0.3 is 0 Å². The Labute approximate surface area is 213 Å². The van der Waals surface area contributed by atoms with Gasteiger partial charge in [-0.3, -0.25) is 19.2 Å². The van der Waals surface area contributed by atoms with Crippen LogP contribution in [0.3, 0.4) is 0 Å². The molecular weight excluding hydrogens is 446 g/mol. The minimum absolute atomic E-state index is 0. The third-order valence-corrected chi connectivity index (χ3v) is 6.20. The van der Waals surface area contributed by atoms with Crippen LogP contribution in [-0.4, -0.2) is 85.3 Å². The minimum atomic E-state index is -0.670. The second kappa shape index (κ2) is 13.2. The molecule has 4 amide bonds. The average Bonchev–Trinajstić information content (AvgIpc) is 3.26. The fraction of sp³-hybridized carbons (Fsp3) is 0.615. The number of hydrogen-bond acceptors (Lipinski definition) is 5. The molecule has 0 unspecified atom stereocenters. The van der Waals surface area contributed by atoms with Crippen molar-refractivity contribution in [3.05, 3.63) is 35.9 Å². The predicted octanol–water partition coefficient (Wildman–Crippen LogP) is 1.67. The van der Waals surface area contributed by atoms with E-state index in [1.54, 1.807) is 11.9 Å². The summed E-state index contributed by atoms with van der Waals surface area (Å²) in [6, 6.07) is 9.10. The molecule has 9 heteroatoms. The molecular formula is C26H47N5O4. The van der Waals surface area contributed by atoms with Crippen molar-refractivity contribution in [2.24, 2.45) is 5.41 Å². The maximum atomic E-state index is 13.6. The van der Waals surface area contributed by atoms with E-state index in [2.05, 4.69) is 16.0 Å². The lowest BCUT2D eigenvalue weighted by Crippen LogP contribution is -2.58. The molecule has 1 heterocycles. The molecule has 1 saturated heterocycles. The standard InChI is InChI=1S/C26H41N5O4.3H2/c1-19(32)28-17-23(34)30(15-13-20-10-7-6-8-11-20)18-21-12-9-14-31(21)25(35)24(26(2,3)4)29-22(33)16-27-5;;;/h6-8,10-11,21,24,27H,9,12-18H2,1-5H3,(H,28,32)(H,29,33);3*1H/t21-,24+;;;/m0.../s1. The third-order valence-electron chi connectivity index (χ3n) is 6.20. The fourth-order valence-corrected chi connectivity index (χ4v) is 4.30. The van der Waals surface area contributed by atoms with E-state index in [-0.39, 0.29) is 47.0 Å². The van der Waals surface area contributed by atoms with Crippen LogP contribution in [-0.2, 0) is 25.6 Å². The zero-order valence-electron chi connectivity index (χ0n) is 21.7. The van der Waals surface area contributed by atoms with Crippen molar-refractivity contribution in [2.45, 2.75) is 59.0 Å². The summed E-state index contributed by atoms with van der Waals surface area (Å²) in [5, 5.41) is 8.30. The Morgan fingerprint density at radius 3 is 2.43 bits per heavy atom. The maximum absolute atomic E-state index is 13.6. The summed E-state index contributed by atoms with van der Waals surface area (Å²) < 4.78 is 0.